The lowest BCUT2D eigenvalue weighted by molar-refractivity contribution is 0.240. The summed E-state index contributed by atoms with van der Waals surface area (Å²) in [6.07, 6.45) is 3.43. The van der Waals surface area contributed by atoms with Gasteiger partial charge in [-0.3, -0.25) is 0 Å². The summed E-state index contributed by atoms with van der Waals surface area (Å²) in [6, 6.07) is 8.06. The van der Waals surface area contributed by atoms with Crippen LogP contribution >= 0.6 is 0 Å². The van der Waals surface area contributed by atoms with Crippen LogP contribution in [-0.4, -0.2) is 26.2 Å². The fraction of sp³-hybridized carbons (Fsp3) is 0.462. The van der Waals surface area contributed by atoms with Crippen molar-refractivity contribution in [3.05, 3.63) is 24.3 Å². The van der Waals surface area contributed by atoms with Gasteiger partial charge in [-0.25, -0.2) is 4.79 Å². The van der Waals surface area contributed by atoms with Gasteiger partial charge in [0.05, 0.1) is 0 Å². The zero-order chi connectivity index (χ0) is 12.3. The van der Waals surface area contributed by atoms with Crippen molar-refractivity contribution in [1.29, 1.82) is 0 Å². The maximum Gasteiger partial charge on any atom is 0.319 e. The van der Waals surface area contributed by atoms with Gasteiger partial charge in [-0.2, -0.15) is 0 Å². The van der Waals surface area contributed by atoms with Crippen molar-refractivity contribution >= 4 is 17.4 Å². The summed E-state index contributed by atoms with van der Waals surface area (Å²) in [5, 5.41) is 5.81. The van der Waals surface area contributed by atoms with Crippen LogP contribution in [0.15, 0.2) is 24.3 Å². The molecule has 0 aliphatic heterocycles. The second kappa shape index (κ2) is 5.08. The molecule has 92 valence electrons. The molecular weight excluding hydrogens is 214 g/mol. The third-order valence-corrected chi connectivity index (χ3v) is 3.06. The maximum absolute atomic E-state index is 11.7. The van der Waals surface area contributed by atoms with Crippen LogP contribution in [0.3, 0.4) is 0 Å². The van der Waals surface area contributed by atoms with Gasteiger partial charge in [0.25, 0.3) is 0 Å². The molecule has 1 aromatic carbocycles. The van der Waals surface area contributed by atoms with Crippen molar-refractivity contribution in [2.24, 2.45) is 0 Å². The van der Waals surface area contributed by atoms with Crippen molar-refractivity contribution in [2.45, 2.75) is 25.3 Å². The van der Waals surface area contributed by atoms with Gasteiger partial charge in [0.2, 0.25) is 0 Å². The van der Waals surface area contributed by atoms with Gasteiger partial charge in [-0.1, -0.05) is 6.07 Å². The Kier molecular flexibility index (Phi) is 3.52. The molecule has 0 saturated heterocycles. The van der Waals surface area contributed by atoms with E-state index in [1.54, 1.807) is 0 Å². The average molecular weight is 233 g/mol. The SMILES string of the molecule is CN(C)c1cccc(NC(=O)NC2CCC2)c1. The molecule has 0 atom stereocenters. The highest BCUT2D eigenvalue weighted by molar-refractivity contribution is 5.90. The summed E-state index contributed by atoms with van der Waals surface area (Å²) in [7, 11) is 3.96. The molecule has 2 N–H and O–H groups in total. The molecule has 1 saturated carbocycles. The topological polar surface area (TPSA) is 44.4 Å². The predicted octanol–water partition coefficient (Wildman–Crippen LogP) is 2.43. The zero-order valence-corrected chi connectivity index (χ0v) is 10.4. The number of urea groups is 1. The van der Waals surface area contributed by atoms with Gasteiger partial charge < -0.3 is 15.5 Å². The maximum atomic E-state index is 11.7. The molecule has 4 nitrogen and oxygen atoms in total. The number of nitrogens with one attached hydrogen (secondary N) is 2. The van der Waals surface area contributed by atoms with E-state index in [4.69, 9.17) is 0 Å². The van der Waals surface area contributed by atoms with Crippen molar-refractivity contribution in [2.75, 3.05) is 24.3 Å². The summed E-state index contributed by atoms with van der Waals surface area (Å²) in [4.78, 5) is 13.7. The number of rotatable bonds is 3. The van der Waals surface area contributed by atoms with Gasteiger partial charge in [0, 0.05) is 31.5 Å². The highest BCUT2D eigenvalue weighted by atomic mass is 16.2. The highest BCUT2D eigenvalue weighted by Crippen LogP contribution is 2.19. The molecule has 4 heteroatoms. The van der Waals surface area contributed by atoms with E-state index in [1.807, 2.05) is 43.3 Å². The molecule has 0 spiro atoms. The molecule has 17 heavy (non-hydrogen) atoms. The molecule has 1 aromatic rings. The summed E-state index contributed by atoms with van der Waals surface area (Å²) in [5.41, 5.74) is 1.90. The summed E-state index contributed by atoms with van der Waals surface area (Å²) < 4.78 is 0. The smallest absolute Gasteiger partial charge is 0.319 e. The van der Waals surface area contributed by atoms with E-state index in [0.29, 0.717) is 6.04 Å². The number of hydrogen-bond acceptors (Lipinski definition) is 2. The van der Waals surface area contributed by atoms with E-state index >= 15 is 0 Å². The second-order valence-electron chi connectivity index (χ2n) is 4.67. The fourth-order valence-corrected chi connectivity index (χ4v) is 1.77. The van der Waals surface area contributed by atoms with Crippen molar-refractivity contribution in [3.8, 4) is 0 Å². The van der Waals surface area contributed by atoms with E-state index in [-0.39, 0.29) is 6.03 Å². The number of hydrogen-bond donors (Lipinski definition) is 2. The van der Waals surface area contributed by atoms with Gasteiger partial charge >= 0.3 is 6.03 Å². The molecule has 2 amide bonds. The first-order chi connectivity index (χ1) is 8.15. The Labute approximate surface area is 102 Å². The first kappa shape index (κ1) is 11.8. The minimum atomic E-state index is -0.106. The molecule has 0 aromatic heterocycles. The van der Waals surface area contributed by atoms with Gasteiger partial charge in [-0.05, 0) is 37.5 Å². The van der Waals surface area contributed by atoms with Gasteiger partial charge in [0.15, 0.2) is 0 Å². The largest absolute Gasteiger partial charge is 0.378 e. The van der Waals surface area contributed by atoms with Crippen LogP contribution in [0.1, 0.15) is 19.3 Å². The lowest BCUT2D eigenvalue weighted by atomic mass is 9.93. The van der Waals surface area contributed by atoms with Crippen LogP contribution < -0.4 is 15.5 Å². The minimum absolute atomic E-state index is 0.106. The molecule has 2 rings (SSSR count). The predicted molar refractivity (Wildman–Crippen MR) is 70.6 cm³/mol. The molecule has 0 unspecified atom stereocenters. The molecule has 0 heterocycles. The normalized spacial score (nSPS) is 14.9. The zero-order valence-electron chi connectivity index (χ0n) is 10.4. The van der Waals surface area contributed by atoms with Crippen molar-refractivity contribution < 1.29 is 4.79 Å². The third kappa shape index (κ3) is 3.12. The number of carbonyl (C=O) groups is 1. The van der Waals surface area contributed by atoms with E-state index in [1.165, 1.54) is 6.42 Å². The monoisotopic (exact) mass is 233 g/mol. The van der Waals surface area contributed by atoms with E-state index in [9.17, 15) is 4.79 Å². The molecular formula is C13H19N3O. The number of benzene rings is 1. The number of amides is 2. The molecule has 1 fully saturated rings. The Hall–Kier alpha value is -1.71. The van der Waals surface area contributed by atoms with E-state index in [2.05, 4.69) is 10.6 Å². The molecule has 1 aliphatic rings. The van der Waals surface area contributed by atoms with Crippen molar-refractivity contribution in [1.82, 2.24) is 5.32 Å². The summed E-state index contributed by atoms with van der Waals surface area (Å²) in [5.74, 6) is 0. The lowest BCUT2D eigenvalue weighted by Crippen LogP contribution is -2.41. The Morgan fingerprint density at radius 2 is 2.12 bits per heavy atom. The fourth-order valence-electron chi connectivity index (χ4n) is 1.77. The first-order valence-corrected chi connectivity index (χ1v) is 6.00. The quantitative estimate of drug-likeness (QED) is 0.842. The van der Waals surface area contributed by atoms with Crippen LogP contribution in [0.4, 0.5) is 16.2 Å². The molecule has 0 radical (unpaired) electrons. The van der Waals surface area contributed by atoms with Crippen LogP contribution in [0.5, 0.6) is 0 Å². The highest BCUT2D eigenvalue weighted by Gasteiger charge is 2.19. The lowest BCUT2D eigenvalue weighted by Gasteiger charge is -2.26. The van der Waals surface area contributed by atoms with Crippen LogP contribution in [0, 0.1) is 0 Å². The first-order valence-electron chi connectivity index (χ1n) is 6.00. The van der Waals surface area contributed by atoms with Crippen LogP contribution in [0.2, 0.25) is 0 Å². The van der Waals surface area contributed by atoms with Gasteiger partial charge in [0.1, 0.15) is 0 Å². The molecule has 1 aliphatic carbocycles. The number of nitrogens with zero attached hydrogens (tertiary/aromatic N) is 1. The minimum Gasteiger partial charge on any atom is -0.378 e. The van der Waals surface area contributed by atoms with Crippen LogP contribution in [0.25, 0.3) is 0 Å². The van der Waals surface area contributed by atoms with E-state index in [0.717, 1.165) is 24.2 Å². The third-order valence-electron chi connectivity index (χ3n) is 3.06. The average Bonchev–Trinajstić information content (AvgIpc) is 2.24. The Bertz CT molecular complexity index is 399. The Morgan fingerprint density at radius 1 is 1.35 bits per heavy atom. The van der Waals surface area contributed by atoms with Gasteiger partial charge in [-0.15, -0.1) is 0 Å². The molecule has 0 bridgehead atoms. The van der Waals surface area contributed by atoms with Crippen molar-refractivity contribution in [3.63, 3.8) is 0 Å². The summed E-state index contributed by atoms with van der Waals surface area (Å²) >= 11 is 0. The Morgan fingerprint density at radius 3 is 2.71 bits per heavy atom. The van der Waals surface area contributed by atoms with E-state index < -0.39 is 0 Å². The number of anilines is 2. The standard InChI is InChI=1S/C13H19N3O/c1-16(2)12-8-4-7-11(9-12)15-13(17)14-10-5-3-6-10/h4,7-10H,3,5-6H2,1-2H3,(H2,14,15,17). The summed E-state index contributed by atoms with van der Waals surface area (Å²) in [6.45, 7) is 0. The second-order valence-corrected chi connectivity index (χ2v) is 4.67. The number of carbonyl (C=O) groups excluding carboxylic acids is 1. The Balaban J connectivity index is 1.92. The van der Waals surface area contributed by atoms with Crippen LogP contribution in [-0.2, 0) is 0 Å².